The summed E-state index contributed by atoms with van der Waals surface area (Å²) in [5, 5.41) is 0. The molecule has 1 unspecified atom stereocenters. The molecule has 2 aliphatic heterocycles. The van der Waals surface area contributed by atoms with Crippen LogP contribution in [0.3, 0.4) is 0 Å². The zero-order valence-corrected chi connectivity index (χ0v) is 16.5. The van der Waals surface area contributed by atoms with Crippen LogP contribution in [0.1, 0.15) is 12.0 Å². The van der Waals surface area contributed by atoms with Crippen molar-refractivity contribution in [3.8, 4) is 0 Å². The second kappa shape index (κ2) is 6.34. The minimum Gasteiger partial charge on any atom is -0.423 e. The summed E-state index contributed by atoms with van der Waals surface area (Å²) in [6.07, 6.45) is 0.661. The van der Waals surface area contributed by atoms with E-state index in [0.717, 1.165) is 22.4 Å². The molecule has 0 radical (unpaired) electrons. The van der Waals surface area contributed by atoms with Gasteiger partial charge >= 0.3 is 0 Å². The molecule has 29 heavy (non-hydrogen) atoms. The second-order valence-electron chi connectivity index (χ2n) is 7.91. The van der Waals surface area contributed by atoms with Crippen molar-refractivity contribution >= 4 is 34.6 Å². The number of carbonyl (C=O) groups excluding carboxylic acids is 2. The maximum absolute atomic E-state index is 13.6. The van der Waals surface area contributed by atoms with Crippen LogP contribution < -0.4 is 9.80 Å². The Morgan fingerprint density at radius 3 is 2.72 bits per heavy atom. The molecule has 0 N–H and O–H groups in total. The Labute approximate surface area is 168 Å². The zero-order valence-electron chi connectivity index (χ0n) is 16.5. The van der Waals surface area contributed by atoms with Crippen LogP contribution in [0.25, 0.3) is 11.1 Å². The molecular formula is C22H22N4O3. The molecule has 2 aliphatic rings. The van der Waals surface area contributed by atoms with Crippen molar-refractivity contribution in [2.24, 2.45) is 0 Å². The van der Waals surface area contributed by atoms with Crippen molar-refractivity contribution in [2.75, 3.05) is 43.5 Å². The van der Waals surface area contributed by atoms with Crippen molar-refractivity contribution in [1.29, 1.82) is 0 Å². The van der Waals surface area contributed by atoms with Gasteiger partial charge in [0.15, 0.2) is 5.58 Å². The lowest BCUT2D eigenvalue weighted by Gasteiger charge is -2.24. The Balaban J connectivity index is 1.50. The Hall–Kier alpha value is -3.35. The molecule has 1 aromatic heterocycles. The Morgan fingerprint density at radius 2 is 1.93 bits per heavy atom. The average molecular weight is 390 g/mol. The molecule has 0 bridgehead atoms. The van der Waals surface area contributed by atoms with Crippen LogP contribution in [0, 0.1) is 0 Å². The van der Waals surface area contributed by atoms with Gasteiger partial charge in [-0.15, -0.1) is 0 Å². The lowest BCUT2D eigenvalue weighted by Crippen LogP contribution is -2.46. The maximum Gasteiger partial charge on any atom is 0.298 e. The third-order valence-corrected chi connectivity index (χ3v) is 5.98. The first kappa shape index (κ1) is 17.7. The Kier molecular flexibility index (Phi) is 3.87. The molecule has 7 nitrogen and oxygen atoms in total. The van der Waals surface area contributed by atoms with Crippen LogP contribution >= 0.6 is 0 Å². The second-order valence-corrected chi connectivity index (χ2v) is 7.91. The van der Waals surface area contributed by atoms with Gasteiger partial charge in [0.2, 0.25) is 11.8 Å². The Bertz CT molecular complexity index is 1090. The van der Waals surface area contributed by atoms with E-state index in [1.165, 1.54) is 4.90 Å². The number of nitrogens with zero attached hydrogens (tertiary/aromatic N) is 4. The minimum atomic E-state index is -0.677. The lowest BCUT2D eigenvalue weighted by atomic mass is 9.81. The molecule has 2 aromatic carbocycles. The van der Waals surface area contributed by atoms with Gasteiger partial charge in [0.1, 0.15) is 12.1 Å². The molecule has 2 amide bonds. The molecule has 1 fully saturated rings. The minimum absolute atomic E-state index is 0.0208. The SMILES string of the molecule is CN(C)C(=O)CN1C(=O)C2(CCN(c3nc4ccccc4o3)C2)c2ccccc21. The third-order valence-electron chi connectivity index (χ3n) is 5.98. The van der Waals surface area contributed by atoms with E-state index in [0.29, 0.717) is 25.5 Å². The van der Waals surface area contributed by atoms with Gasteiger partial charge in [0.25, 0.3) is 6.01 Å². The van der Waals surface area contributed by atoms with Crippen molar-refractivity contribution in [3.05, 3.63) is 54.1 Å². The number of aromatic nitrogens is 1. The highest BCUT2D eigenvalue weighted by molar-refractivity contribution is 6.11. The molecule has 1 saturated heterocycles. The highest BCUT2D eigenvalue weighted by Crippen LogP contribution is 2.48. The van der Waals surface area contributed by atoms with E-state index >= 15 is 0 Å². The van der Waals surface area contributed by atoms with E-state index in [1.54, 1.807) is 19.0 Å². The normalized spacial score (nSPS) is 20.7. The summed E-state index contributed by atoms with van der Waals surface area (Å²) >= 11 is 0. The van der Waals surface area contributed by atoms with Crippen LogP contribution in [-0.2, 0) is 15.0 Å². The Morgan fingerprint density at radius 1 is 1.17 bits per heavy atom. The molecule has 0 saturated carbocycles. The topological polar surface area (TPSA) is 69.9 Å². The number of hydrogen-bond acceptors (Lipinski definition) is 5. The van der Waals surface area contributed by atoms with Gasteiger partial charge in [-0.05, 0) is 30.2 Å². The summed E-state index contributed by atoms with van der Waals surface area (Å²) in [6, 6.07) is 16.0. The number of hydrogen-bond donors (Lipinski definition) is 0. The fourth-order valence-corrected chi connectivity index (χ4v) is 4.39. The van der Waals surface area contributed by atoms with E-state index in [4.69, 9.17) is 4.42 Å². The van der Waals surface area contributed by atoms with E-state index in [-0.39, 0.29) is 18.4 Å². The highest BCUT2D eigenvalue weighted by Gasteiger charge is 2.55. The maximum atomic E-state index is 13.6. The summed E-state index contributed by atoms with van der Waals surface area (Å²) < 4.78 is 5.93. The number of carbonyl (C=O) groups is 2. The first-order valence-corrected chi connectivity index (χ1v) is 9.72. The summed E-state index contributed by atoms with van der Waals surface area (Å²) in [6.45, 7) is 1.21. The molecule has 1 atom stereocenters. The van der Waals surface area contributed by atoms with Gasteiger partial charge < -0.3 is 19.1 Å². The number of rotatable bonds is 3. The number of para-hydroxylation sites is 3. The van der Waals surface area contributed by atoms with Crippen molar-refractivity contribution in [2.45, 2.75) is 11.8 Å². The van der Waals surface area contributed by atoms with Gasteiger partial charge in [0.05, 0.1) is 5.41 Å². The van der Waals surface area contributed by atoms with Gasteiger partial charge in [-0.25, -0.2) is 0 Å². The fraction of sp³-hybridized carbons (Fsp3) is 0.318. The van der Waals surface area contributed by atoms with Crippen LogP contribution in [0.2, 0.25) is 0 Å². The molecule has 3 aromatic rings. The monoisotopic (exact) mass is 390 g/mol. The zero-order chi connectivity index (χ0) is 20.2. The first-order chi connectivity index (χ1) is 14.0. The molecule has 5 rings (SSSR count). The standard InChI is InChI=1S/C22H22N4O3/c1-24(2)19(27)13-26-17-9-5-3-7-15(17)22(20(26)28)11-12-25(14-22)21-23-16-8-4-6-10-18(16)29-21/h3-10H,11-14H2,1-2H3. The van der Waals surface area contributed by atoms with Crippen LogP contribution in [-0.4, -0.2) is 55.4 Å². The molecule has 1 spiro atoms. The predicted molar refractivity (Wildman–Crippen MR) is 110 cm³/mol. The van der Waals surface area contributed by atoms with Crippen molar-refractivity contribution in [3.63, 3.8) is 0 Å². The van der Waals surface area contributed by atoms with E-state index in [1.807, 2.05) is 53.4 Å². The largest absolute Gasteiger partial charge is 0.423 e. The van der Waals surface area contributed by atoms with Crippen molar-refractivity contribution < 1.29 is 14.0 Å². The van der Waals surface area contributed by atoms with Crippen molar-refractivity contribution in [1.82, 2.24) is 9.88 Å². The summed E-state index contributed by atoms with van der Waals surface area (Å²) in [5.41, 5.74) is 2.67. The number of benzene rings is 2. The van der Waals surface area contributed by atoms with Gasteiger partial charge in [-0.1, -0.05) is 30.3 Å². The molecular weight excluding hydrogens is 368 g/mol. The number of oxazole rings is 1. The van der Waals surface area contributed by atoms with E-state index < -0.39 is 5.41 Å². The van der Waals surface area contributed by atoms with Gasteiger partial charge in [-0.2, -0.15) is 4.98 Å². The fourth-order valence-electron chi connectivity index (χ4n) is 4.39. The van der Waals surface area contributed by atoms with Crippen LogP contribution in [0.4, 0.5) is 11.7 Å². The lowest BCUT2D eigenvalue weighted by molar-refractivity contribution is -0.130. The molecule has 7 heteroatoms. The highest BCUT2D eigenvalue weighted by atomic mass is 16.4. The summed E-state index contributed by atoms with van der Waals surface area (Å²) in [4.78, 5) is 35.7. The van der Waals surface area contributed by atoms with E-state index in [9.17, 15) is 9.59 Å². The average Bonchev–Trinajstić information content (AvgIpc) is 3.40. The number of anilines is 2. The van der Waals surface area contributed by atoms with Crippen LogP contribution in [0.5, 0.6) is 0 Å². The van der Waals surface area contributed by atoms with Gasteiger partial charge in [0, 0.05) is 32.9 Å². The number of amides is 2. The summed E-state index contributed by atoms with van der Waals surface area (Å²) in [7, 11) is 3.41. The third kappa shape index (κ3) is 2.61. The molecule has 148 valence electrons. The predicted octanol–water partition coefficient (Wildman–Crippen LogP) is 2.41. The molecule has 3 heterocycles. The quantitative estimate of drug-likeness (QED) is 0.687. The molecule has 0 aliphatic carbocycles. The van der Waals surface area contributed by atoms with E-state index in [2.05, 4.69) is 4.98 Å². The number of fused-ring (bicyclic) bond motifs is 3. The van der Waals surface area contributed by atoms with Gasteiger partial charge in [-0.3, -0.25) is 9.59 Å². The smallest absolute Gasteiger partial charge is 0.298 e. The summed E-state index contributed by atoms with van der Waals surface area (Å²) in [5.74, 6) is -0.119. The first-order valence-electron chi connectivity index (χ1n) is 9.72. The number of likely N-dealkylation sites (N-methyl/N-ethyl adjacent to an activating group) is 1. The van der Waals surface area contributed by atoms with Crippen LogP contribution in [0.15, 0.2) is 52.9 Å².